The molecule has 1 unspecified atom stereocenters. The van der Waals surface area contributed by atoms with E-state index in [-0.39, 0.29) is 0 Å². The highest BCUT2D eigenvalue weighted by atomic mass is 79.9. The lowest BCUT2D eigenvalue weighted by molar-refractivity contribution is 0.266. The van der Waals surface area contributed by atoms with Crippen LogP contribution in [0.3, 0.4) is 0 Å². The maximum absolute atomic E-state index is 5.53. The highest BCUT2D eigenvalue weighted by Crippen LogP contribution is 2.35. The highest BCUT2D eigenvalue weighted by molar-refractivity contribution is 9.10. The molecule has 1 fully saturated rings. The molecule has 1 aliphatic carbocycles. The number of rotatable bonds is 2. The molecule has 0 aliphatic heterocycles. The zero-order valence-electron chi connectivity index (χ0n) is 11.2. The molecular weight excluding hydrogens is 320 g/mol. The summed E-state index contributed by atoms with van der Waals surface area (Å²) in [5.74, 6) is 0.762. The lowest BCUT2D eigenvalue weighted by Gasteiger charge is -2.29. The van der Waals surface area contributed by atoms with Crippen molar-refractivity contribution in [3.05, 3.63) is 27.4 Å². The number of hydrogen-bond acceptors (Lipinski definition) is 1. The molecule has 1 N–H and O–H groups in total. The smallest absolute Gasteiger partial charge is 0.178 e. The monoisotopic (exact) mass is 338 g/mol. The van der Waals surface area contributed by atoms with Crippen molar-refractivity contribution in [2.45, 2.75) is 45.1 Å². The van der Waals surface area contributed by atoms with Gasteiger partial charge >= 0.3 is 0 Å². The molecule has 19 heavy (non-hydrogen) atoms. The summed E-state index contributed by atoms with van der Waals surface area (Å²) in [5, 5.41) is 0. The average Bonchev–Trinajstić information content (AvgIpc) is 2.74. The van der Waals surface area contributed by atoms with E-state index in [1.54, 1.807) is 0 Å². The summed E-state index contributed by atoms with van der Waals surface area (Å²) in [7, 11) is 0. The largest absolute Gasteiger partial charge is 0.331 e. The van der Waals surface area contributed by atoms with Crippen LogP contribution in [0.2, 0.25) is 0 Å². The van der Waals surface area contributed by atoms with E-state index in [9.17, 15) is 0 Å². The van der Waals surface area contributed by atoms with Gasteiger partial charge in [-0.2, -0.15) is 0 Å². The van der Waals surface area contributed by atoms with Gasteiger partial charge in [0.1, 0.15) is 0 Å². The molecule has 4 heteroatoms. The Balaban J connectivity index is 2.05. The van der Waals surface area contributed by atoms with Crippen molar-refractivity contribution >= 4 is 39.2 Å². The molecule has 0 saturated heterocycles. The number of halogens is 1. The van der Waals surface area contributed by atoms with Gasteiger partial charge in [0.25, 0.3) is 0 Å². The third kappa shape index (κ3) is 2.52. The first-order valence-electron chi connectivity index (χ1n) is 7.06. The van der Waals surface area contributed by atoms with Crippen molar-refractivity contribution in [3.8, 4) is 0 Å². The molecule has 1 aliphatic rings. The Hall–Kier alpha value is -0.610. The van der Waals surface area contributed by atoms with Crippen molar-refractivity contribution < 1.29 is 0 Å². The zero-order chi connectivity index (χ0) is 13.4. The van der Waals surface area contributed by atoms with E-state index in [4.69, 9.17) is 12.2 Å². The summed E-state index contributed by atoms with van der Waals surface area (Å²) in [6.07, 6.45) is 6.81. The van der Waals surface area contributed by atoms with Crippen LogP contribution in [0.4, 0.5) is 0 Å². The van der Waals surface area contributed by atoms with Crippen LogP contribution in [0.5, 0.6) is 0 Å². The first-order chi connectivity index (χ1) is 9.16. The van der Waals surface area contributed by atoms with Gasteiger partial charge in [-0.1, -0.05) is 35.2 Å². The molecule has 0 bridgehead atoms. The number of nitrogens with zero attached hydrogens (tertiary/aromatic N) is 1. The molecule has 102 valence electrons. The fourth-order valence-electron chi connectivity index (χ4n) is 3.33. The van der Waals surface area contributed by atoms with Crippen molar-refractivity contribution in [1.82, 2.24) is 9.55 Å². The third-order valence-electron chi connectivity index (χ3n) is 4.42. The summed E-state index contributed by atoms with van der Waals surface area (Å²) in [5.41, 5.74) is 2.35. The Morgan fingerprint density at radius 2 is 2.05 bits per heavy atom. The van der Waals surface area contributed by atoms with Crippen LogP contribution in [0, 0.1) is 10.7 Å². The third-order valence-corrected chi connectivity index (χ3v) is 5.21. The summed E-state index contributed by atoms with van der Waals surface area (Å²) < 4.78 is 4.27. The molecule has 1 aromatic carbocycles. The highest BCUT2D eigenvalue weighted by Gasteiger charge is 2.23. The number of hydrogen-bond donors (Lipinski definition) is 1. The van der Waals surface area contributed by atoms with E-state index in [0.717, 1.165) is 20.7 Å². The molecule has 1 atom stereocenters. The minimum Gasteiger partial charge on any atom is -0.331 e. The Kier molecular flexibility index (Phi) is 3.81. The van der Waals surface area contributed by atoms with Gasteiger partial charge < -0.3 is 9.55 Å². The molecule has 2 aromatic rings. The number of aromatic nitrogens is 2. The van der Waals surface area contributed by atoms with Gasteiger partial charge in [0.2, 0.25) is 0 Å². The first-order valence-corrected chi connectivity index (χ1v) is 8.26. The van der Waals surface area contributed by atoms with Gasteiger partial charge in [0, 0.05) is 10.5 Å². The van der Waals surface area contributed by atoms with Crippen LogP contribution in [-0.4, -0.2) is 9.55 Å². The fraction of sp³-hybridized carbons (Fsp3) is 0.533. The number of benzene rings is 1. The van der Waals surface area contributed by atoms with Gasteiger partial charge in [-0.25, -0.2) is 0 Å². The molecule has 1 aromatic heterocycles. The summed E-state index contributed by atoms with van der Waals surface area (Å²) in [4.78, 5) is 3.33. The minimum absolute atomic E-state index is 0.482. The van der Waals surface area contributed by atoms with Crippen molar-refractivity contribution in [2.75, 3.05) is 0 Å². The van der Waals surface area contributed by atoms with Crippen molar-refractivity contribution in [1.29, 1.82) is 0 Å². The lowest BCUT2D eigenvalue weighted by Crippen LogP contribution is -2.19. The maximum atomic E-state index is 5.53. The number of aromatic amines is 1. The van der Waals surface area contributed by atoms with Crippen LogP contribution < -0.4 is 0 Å². The van der Waals surface area contributed by atoms with Crippen LogP contribution in [-0.2, 0) is 0 Å². The predicted molar refractivity (Wildman–Crippen MR) is 86.1 cm³/mol. The number of H-pyrrole nitrogens is 1. The molecule has 2 nitrogen and oxygen atoms in total. The van der Waals surface area contributed by atoms with E-state index in [1.807, 2.05) is 0 Å². The maximum Gasteiger partial charge on any atom is 0.178 e. The molecule has 0 amide bonds. The van der Waals surface area contributed by atoms with E-state index in [0.29, 0.717) is 6.04 Å². The molecular formula is C15H19BrN2S. The predicted octanol–water partition coefficient (Wildman–Crippen LogP) is 5.60. The SMILES string of the molecule is CC(C1CCCCC1)n1c(=S)[nH]c2ccc(Br)cc21. The fourth-order valence-corrected chi connectivity index (χ4v) is 4.05. The first kappa shape index (κ1) is 13.4. The van der Waals surface area contributed by atoms with Gasteiger partial charge in [-0.05, 0) is 56.1 Å². The summed E-state index contributed by atoms with van der Waals surface area (Å²) >= 11 is 9.09. The van der Waals surface area contributed by atoms with Gasteiger partial charge in [-0.15, -0.1) is 0 Å². The lowest BCUT2D eigenvalue weighted by atomic mass is 9.84. The summed E-state index contributed by atoms with van der Waals surface area (Å²) in [6, 6.07) is 6.81. The Bertz CT molecular complexity index is 637. The van der Waals surface area contributed by atoms with E-state index >= 15 is 0 Å². The van der Waals surface area contributed by atoms with Crippen LogP contribution in [0.1, 0.15) is 45.1 Å². The number of nitrogens with one attached hydrogen (secondary N) is 1. The van der Waals surface area contributed by atoms with Gasteiger partial charge in [-0.3, -0.25) is 0 Å². The minimum atomic E-state index is 0.482. The van der Waals surface area contributed by atoms with E-state index < -0.39 is 0 Å². The second-order valence-electron chi connectivity index (χ2n) is 5.60. The topological polar surface area (TPSA) is 20.7 Å². The van der Waals surface area contributed by atoms with Gasteiger partial charge in [0.15, 0.2) is 4.77 Å². The van der Waals surface area contributed by atoms with Crippen LogP contribution in [0.15, 0.2) is 22.7 Å². The Morgan fingerprint density at radius 1 is 1.32 bits per heavy atom. The average molecular weight is 339 g/mol. The van der Waals surface area contributed by atoms with Crippen molar-refractivity contribution in [2.24, 2.45) is 5.92 Å². The van der Waals surface area contributed by atoms with Crippen LogP contribution in [0.25, 0.3) is 11.0 Å². The molecule has 0 radical (unpaired) electrons. The number of fused-ring (bicyclic) bond motifs is 1. The quantitative estimate of drug-likeness (QED) is 0.706. The van der Waals surface area contributed by atoms with Gasteiger partial charge in [0.05, 0.1) is 11.0 Å². The molecule has 3 rings (SSSR count). The Morgan fingerprint density at radius 3 is 2.79 bits per heavy atom. The standard InChI is InChI=1S/C15H19BrN2S/c1-10(11-5-3-2-4-6-11)18-14-9-12(16)7-8-13(14)17-15(18)19/h7-11H,2-6H2,1H3,(H,17,19). The van der Waals surface area contributed by atoms with Crippen LogP contribution >= 0.6 is 28.1 Å². The summed E-state index contributed by atoms with van der Waals surface area (Å²) in [6.45, 7) is 2.32. The van der Waals surface area contributed by atoms with E-state index in [2.05, 4.69) is 50.6 Å². The molecule has 0 spiro atoms. The molecule has 1 heterocycles. The zero-order valence-corrected chi connectivity index (χ0v) is 13.6. The normalized spacial score (nSPS) is 18.8. The number of imidazole rings is 1. The van der Waals surface area contributed by atoms with Crippen molar-refractivity contribution in [3.63, 3.8) is 0 Å². The molecule has 1 saturated carbocycles. The second kappa shape index (κ2) is 5.41. The second-order valence-corrected chi connectivity index (χ2v) is 6.90. The van der Waals surface area contributed by atoms with E-state index in [1.165, 1.54) is 37.6 Å². The Labute approximate surface area is 127 Å².